The molecule has 0 saturated carbocycles. The van der Waals surface area contributed by atoms with E-state index in [-0.39, 0.29) is 0 Å². The smallest absolute Gasteiger partial charge is 0.128 e. The van der Waals surface area contributed by atoms with Crippen LogP contribution in [0.15, 0.2) is 42.5 Å². The van der Waals surface area contributed by atoms with E-state index in [1.54, 1.807) is 0 Å². The average molecular weight is 307 g/mol. The zero-order chi connectivity index (χ0) is 13.9. The maximum atomic E-state index is 6.06. The second-order valence-electron chi connectivity index (χ2n) is 5.07. The number of benzene rings is 1. The number of rotatable bonds is 3. The van der Waals surface area contributed by atoms with Crippen LogP contribution >= 0.6 is 23.2 Å². The topological polar surface area (TPSA) is 16.1 Å². The normalized spacial score (nSPS) is 18.5. The predicted molar refractivity (Wildman–Crippen MR) is 84.8 cm³/mol. The Bertz CT molecular complexity index is 586. The number of halogens is 2. The second-order valence-corrected chi connectivity index (χ2v) is 5.75. The molecule has 2 heterocycles. The molecule has 1 aliphatic rings. The minimum absolute atomic E-state index is 0.350. The first-order valence-electron chi connectivity index (χ1n) is 6.79. The number of alkyl halides is 1. The third-order valence-electron chi connectivity index (χ3n) is 3.81. The van der Waals surface area contributed by atoms with Gasteiger partial charge in [-0.2, -0.15) is 0 Å². The van der Waals surface area contributed by atoms with Gasteiger partial charge < -0.3 is 4.90 Å². The highest BCUT2D eigenvalue weighted by Crippen LogP contribution is 2.30. The molecule has 1 unspecified atom stereocenters. The fraction of sp³-hybridized carbons (Fsp3) is 0.312. The van der Waals surface area contributed by atoms with Crippen molar-refractivity contribution in [2.45, 2.75) is 18.2 Å². The molecule has 4 heteroatoms. The van der Waals surface area contributed by atoms with Crippen molar-refractivity contribution >= 4 is 29.0 Å². The summed E-state index contributed by atoms with van der Waals surface area (Å²) in [5, 5.41) is 0.641. The SMILES string of the molecule is ClCc1nc(N2CCC(c3ccccc3)C2)ccc1Cl. The molecule has 2 aromatic rings. The summed E-state index contributed by atoms with van der Waals surface area (Å²) >= 11 is 11.9. The molecule has 0 amide bonds. The molecule has 0 bridgehead atoms. The third kappa shape index (κ3) is 2.77. The van der Waals surface area contributed by atoms with Crippen molar-refractivity contribution in [1.29, 1.82) is 0 Å². The summed E-state index contributed by atoms with van der Waals surface area (Å²) in [7, 11) is 0. The summed E-state index contributed by atoms with van der Waals surface area (Å²) in [5.74, 6) is 1.90. The van der Waals surface area contributed by atoms with Crippen LogP contribution < -0.4 is 4.90 Å². The van der Waals surface area contributed by atoms with Crippen molar-refractivity contribution in [3.05, 3.63) is 58.7 Å². The fourth-order valence-corrected chi connectivity index (χ4v) is 3.15. The highest BCUT2D eigenvalue weighted by Gasteiger charge is 2.24. The van der Waals surface area contributed by atoms with Gasteiger partial charge in [0.2, 0.25) is 0 Å². The van der Waals surface area contributed by atoms with Crippen LogP contribution in [0.5, 0.6) is 0 Å². The van der Waals surface area contributed by atoms with Gasteiger partial charge in [0, 0.05) is 19.0 Å². The summed E-state index contributed by atoms with van der Waals surface area (Å²) < 4.78 is 0. The summed E-state index contributed by atoms with van der Waals surface area (Å²) in [4.78, 5) is 6.87. The van der Waals surface area contributed by atoms with E-state index in [2.05, 4.69) is 40.2 Å². The van der Waals surface area contributed by atoms with Gasteiger partial charge in [0.05, 0.1) is 16.6 Å². The van der Waals surface area contributed by atoms with Crippen LogP contribution in [0.25, 0.3) is 0 Å². The molecule has 104 valence electrons. The minimum atomic E-state index is 0.350. The van der Waals surface area contributed by atoms with E-state index in [0.717, 1.165) is 31.0 Å². The fourth-order valence-electron chi connectivity index (χ4n) is 2.71. The molecule has 20 heavy (non-hydrogen) atoms. The van der Waals surface area contributed by atoms with Crippen molar-refractivity contribution in [3.8, 4) is 0 Å². The highest BCUT2D eigenvalue weighted by atomic mass is 35.5. The average Bonchev–Trinajstić information content (AvgIpc) is 2.98. The number of pyridine rings is 1. The Labute approximate surface area is 129 Å². The van der Waals surface area contributed by atoms with E-state index >= 15 is 0 Å². The quantitative estimate of drug-likeness (QED) is 0.778. The first kappa shape index (κ1) is 13.7. The van der Waals surface area contributed by atoms with Crippen molar-refractivity contribution < 1.29 is 0 Å². The molecule has 1 aromatic heterocycles. The lowest BCUT2D eigenvalue weighted by Crippen LogP contribution is -2.20. The van der Waals surface area contributed by atoms with Gasteiger partial charge in [0.1, 0.15) is 5.82 Å². The van der Waals surface area contributed by atoms with Gasteiger partial charge in [-0.3, -0.25) is 0 Å². The molecule has 0 radical (unpaired) electrons. The van der Waals surface area contributed by atoms with E-state index < -0.39 is 0 Å². The van der Waals surface area contributed by atoms with Gasteiger partial charge in [-0.25, -0.2) is 4.98 Å². The Hall–Kier alpha value is -1.25. The lowest BCUT2D eigenvalue weighted by Gasteiger charge is -2.18. The highest BCUT2D eigenvalue weighted by molar-refractivity contribution is 6.32. The molecule has 2 nitrogen and oxygen atoms in total. The molecular formula is C16H16Cl2N2. The van der Waals surface area contributed by atoms with E-state index in [9.17, 15) is 0 Å². The molecule has 0 aliphatic carbocycles. The first-order valence-corrected chi connectivity index (χ1v) is 7.70. The maximum Gasteiger partial charge on any atom is 0.128 e. The standard InChI is InChI=1S/C16H16Cl2N2/c17-10-15-14(18)6-7-16(19-15)20-9-8-13(11-20)12-4-2-1-3-5-12/h1-7,13H,8-11H2. The Balaban J connectivity index is 1.77. The van der Waals surface area contributed by atoms with E-state index in [0.29, 0.717) is 16.8 Å². The molecule has 1 aromatic carbocycles. The van der Waals surface area contributed by atoms with Crippen LogP contribution in [-0.2, 0) is 5.88 Å². The van der Waals surface area contributed by atoms with Crippen LogP contribution in [0.3, 0.4) is 0 Å². The Morgan fingerprint density at radius 2 is 1.95 bits per heavy atom. The second kappa shape index (κ2) is 6.02. The summed E-state index contributed by atoms with van der Waals surface area (Å²) in [5.41, 5.74) is 2.16. The minimum Gasteiger partial charge on any atom is -0.356 e. The molecule has 0 spiro atoms. The number of hydrogen-bond acceptors (Lipinski definition) is 2. The van der Waals surface area contributed by atoms with Gasteiger partial charge in [-0.1, -0.05) is 41.9 Å². The molecule has 3 rings (SSSR count). The Kier molecular flexibility index (Phi) is 4.13. The van der Waals surface area contributed by atoms with Gasteiger partial charge in [0.15, 0.2) is 0 Å². The Morgan fingerprint density at radius 1 is 1.15 bits per heavy atom. The third-order valence-corrected chi connectivity index (χ3v) is 4.41. The van der Waals surface area contributed by atoms with Crippen molar-refractivity contribution in [3.63, 3.8) is 0 Å². The van der Waals surface area contributed by atoms with Crippen LogP contribution in [0, 0.1) is 0 Å². The van der Waals surface area contributed by atoms with Crippen LogP contribution in [0.2, 0.25) is 5.02 Å². The summed E-state index contributed by atoms with van der Waals surface area (Å²) in [6.45, 7) is 2.02. The lowest BCUT2D eigenvalue weighted by molar-refractivity contribution is 0.774. The van der Waals surface area contributed by atoms with Crippen molar-refractivity contribution in [2.24, 2.45) is 0 Å². The molecule has 1 fully saturated rings. The van der Waals surface area contributed by atoms with Crippen LogP contribution in [0.4, 0.5) is 5.82 Å². The molecule has 0 N–H and O–H groups in total. The zero-order valence-electron chi connectivity index (χ0n) is 11.1. The molecule has 1 atom stereocenters. The number of hydrogen-bond donors (Lipinski definition) is 0. The van der Waals surface area contributed by atoms with Gasteiger partial charge in [0.25, 0.3) is 0 Å². The van der Waals surface area contributed by atoms with E-state index in [1.807, 2.05) is 12.1 Å². The molecular weight excluding hydrogens is 291 g/mol. The Morgan fingerprint density at radius 3 is 2.70 bits per heavy atom. The van der Waals surface area contributed by atoms with Crippen molar-refractivity contribution in [1.82, 2.24) is 4.98 Å². The van der Waals surface area contributed by atoms with Gasteiger partial charge in [-0.15, -0.1) is 11.6 Å². The predicted octanol–water partition coefficient (Wildman–Crippen LogP) is 4.47. The van der Waals surface area contributed by atoms with Crippen LogP contribution in [0.1, 0.15) is 23.6 Å². The maximum absolute atomic E-state index is 6.06. The van der Waals surface area contributed by atoms with E-state index in [1.165, 1.54) is 5.56 Å². The summed E-state index contributed by atoms with van der Waals surface area (Å²) in [6, 6.07) is 14.5. The summed E-state index contributed by atoms with van der Waals surface area (Å²) in [6.07, 6.45) is 1.16. The van der Waals surface area contributed by atoms with Crippen molar-refractivity contribution in [2.75, 3.05) is 18.0 Å². The zero-order valence-corrected chi connectivity index (χ0v) is 12.6. The molecule has 1 saturated heterocycles. The number of anilines is 1. The lowest BCUT2D eigenvalue weighted by atomic mass is 9.99. The number of nitrogens with zero attached hydrogens (tertiary/aromatic N) is 2. The molecule has 1 aliphatic heterocycles. The van der Waals surface area contributed by atoms with Gasteiger partial charge >= 0.3 is 0 Å². The van der Waals surface area contributed by atoms with E-state index in [4.69, 9.17) is 23.2 Å². The first-order chi connectivity index (χ1) is 9.78. The van der Waals surface area contributed by atoms with Gasteiger partial charge in [-0.05, 0) is 24.1 Å². The monoisotopic (exact) mass is 306 g/mol. The van der Waals surface area contributed by atoms with Crippen LogP contribution in [-0.4, -0.2) is 18.1 Å². The number of aromatic nitrogens is 1. The largest absolute Gasteiger partial charge is 0.356 e.